The van der Waals surface area contributed by atoms with Crippen LogP contribution in [0.25, 0.3) is 11.0 Å². The minimum atomic E-state index is -0.267. The summed E-state index contributed by atoms with van der Waals surface area (Å²) in [6.07, 6.45) is 0. The molecule has 30 heavy (non-hydrogen) atoms. The number of rotatable bonds is 9. The monoisotopic (exact) mass is 409 g/mol. The van der Waals surface area contributed by atoms with Gasteiger partial charge in [0.1, 0.15) is 17.1 Å². The average Bonchev–Trinajstić information content (AvgIpc) is 3.18. The number of carbonyl (C=O) groups is 2. The van der Waals surface area contributed by atoms with Gasteiger partial charge in [0.2, 0.25) is 11.8 Å². The van der Waals surface area contributed by atoms with Crippen LogP contribution in [0, 0.1) is 0 Å². The molecule has 1 aromatic heterocycles. The Hall–Kier alpha value is -3.32. The van der Waals surface area contributed by atoms with Crippen LogP contribution in [-0.4, -0.2) is 43.5 Å². The number of hydrogen-bond acceptors (Lipinski definition) is 5. The summed E-state index contributed by atoms with van der Waals surface area (Å²) in [5.74, 6) is 1.07. The third kappa shape index (κ3) is 5.61. The molecule has 0 aliphatic heterocycles. The quantitative estimate of drug-likeness (QED) is 0.564. The van der Waals surface area contributed by atoms with Gasteiger partial charge in [0.15, 0.2) is 0 Å². The fourth-order valence-corrected chi connectivity index (χ4v) is 3.13. The summed E-state index contributed by atoms with van der Waals surface area (Å²) in [4.78, 5) is 26.6. The van der Waals surface area contributed by atoms with E-state index in [1.54, 1.807) is 36.3 Å². The fourth-order valence-electron chi connectivity index (χ4n) is 3.13. The molecular formula is C23H27N3O4. The van der Waals surface area contributed by atoms with E-state index in [1.807, 2.05) is 44.2 Å². The van der Waals surface area contributed by atoms with Crippen molar-refractivity contribution in [3.63, 3.8) is 0 Å². The van der Waals surface area contributed by atoms with Crippen molar-refractivity contribution in [1.29, 1.82) is 0 Å². The Labute approximate surface area is 176 Å². The minimum absolute atomic E-state index is 0.120. The number of methoxy groups -OCH3 is 1. The van der Waals surface area contributed by atoms with Gasteiger partial charge in [0.05, 0.1) is 26.2 Å². The van der Waals surface area contributed by atoms with E-state index in [0.717, 1.165) is 16.7 Å². The number of ether oxygens (including phenoxy) is 1. The Balaban J connectivity index is 1.51. The Morgan fingerprint density at radius 1 is 1.07 bits per heavy atom. The summed E-state index contributed by atoms with van der Waals surface area (Å²) in [5.41, 5.74) is 1.47. The molecule has 0 saturated heterocycles. The van der Waals surface area contributed by atoms with Gasteiger partial charge in [-0.1, -0.05) is 25.1 Å². The topological polar surface area (TPSA) is 83.8 Å². The Morgan fingerprint density at radius 3 is 2.43 bits per heavy atom. The van der Waals surface area contributed by atoms with E-state index in [4.69, 9.17) is 9.15 Å². The predicted molar refractivity (Wildman–Crippen MR) is 117 cm³/mol. The highest BCUT2D eigenvalue weighted by molar-refractivity contribution is 5.92. The van der Waals surface area contributed by atoms with E-state index in [-0.39, 0.29) is 30.9 Å². The Bertz CT molecular complexity index is 964. The number of carbonyl (C=O) groups excluding carboxylic acids is 2. The van der Waals surface area contributed by atoms with Gasteiger partial charge in [0, 0.05) is 11.1 Å². The van der Waals surface area contributed by atoms with Crippen LogP contribution in [0.15, 0.2) is 59.0 Å². The largest absolute Gasteiger partial charge is 0.497 e. The van der Waals surface area contributed by atoms with Crippen LogP contribution in [0.1, 0.15) is 25.6 Å². The molecule has 3 aromatic rings. The lowest BCUT2D eigenvalue weighted by Gasteiger charge is -2.20. The molecule has 1 heterocycles. The molecule has 0 spiro atoms. The maximum absolute atomic E-state index is 12.5. The molecule has 0 saturated carbocycles. The molecule has 0 unspecified atom stereocenters. The zero-order valence-corrected chi connectivity index (χ0v) is 17.5. The summed E-state index contributed by atoms with van der Waals surface area (Å²) in [6.45, 7) is 4.60. The molecule has 2 N–H and O–H groups in total. The number of nitrogens with zero attached hydrogens (tertiary/aromatic N) is 1. The summed E-state index contributed by atoms with van der Waals surface area (Å²) in [7, 11) is 1.59. The van der Waals surface area contributed by atoms with Crippen molar-refractivity contribution in [2.24, 2.45) is 0 Å². The number of anilines is 1. The van der Waals surface area contributed by atoms with Crippen molar-refractivity contribution in [3.05, 3.63) is 60.4 Å². The van der Waals surface area contributed by atoms with Crippen molar-refractivity contribution in [2.45, 2.75) is 19.9 Å². The number of furan rings is 1. The molecule has 158 valence electrons. The maximum Gasteiger partial charge on any atom is 0.238 e. The molecule has 2 amide bonds. The SMILES string of the molecule is CCN(CC(=O)Nc1ccc(OC)cc1)CC(=O)N[C@H](C)c1cc2ccccc2o1. The van der Waals surface area contributed by atoms with Gasteiger partial charge in [-0.25, -0.2) is 0 Å². The highest BCUT2D eigenvalue weighted by Gasteiger charge is 2.17. The number of nitrogens with one attached hydrogen (secondary N) is 2. The first-order valence-corrected chi connectivity index (χ1v) is 9.92. The lowest BCUT2D eigenvalue weighted by atomic mass is 10.2. The first kappa shape index (κ1) is 21.4. The number of para-hydroxylation sites is 1. The summed E-state index contributed by atoms with van der Waals surface area (Å²) in [5, 5.41) is 6.77. The van der Waals surface area contributed by atoms with Crippen molar-refractivity contribution in [2.75, 3.05) is 32.1 Å². The van der Waals surface area contributed by atoms with Crippen LogP contribution in [0.5, 0.6) is 5.75 Å². The zero-order chi connectivity index (χ0) is 21.5. The second-order valence-electron chi connectivity index (χ2n) is 7.06. The van der Waals surface area contributed by atoms with Crippen molar-refractivity contribution in [3.8, 4) is 5.75 Å². The summed E-state index contributed by atoms with van der Waals surface area (Å²) < 4.78 is 10.9. The van der Waals surface area contributed by atoms with Gasteiger partial charge >= 0.3 is 0 Å². The molecule has 7 heteroatoms. The number of benzene rings is 2. The van der Waals surface area contributed by atoms with Crippen LogP contribution in [0.4, 0.5) is 5.69 Å². The van der Waals surface area contributed by atoms with Crippen LogP contribution in [-0.2, 0) is 9.59 Å². The molecular weight excluding hydrogens is 382 g/mol. The lowest BCUT2D eigenvalue weighted by Crippen LogP contribution is -2.41. The third-order valence-electron chi connectivity index (χ3n) is 4.80. The number of likely N-dealkylation sites (N-methyl/N-ethyl adjacent to an activating group) is 1. The average molecular weight is 409 g/mol. The van der Waals surface area contributed by atoms with E-state index in [2.05, 4.69) is 10.6 Å². The van der Waals surface area contributed by atoms with Gasteiger partial charge in [-0.3, -0.25) is 14.5 Å². The van der Waals surface area contributed by atoms with Crippen molar-refractivity contribution >= 4 is 28.5 Å². The van der Waals surface area contributed by atoms with Crippen molar-refractivity contribution in [1.82, 2.24) is 10.2 Å². The summed E-state index contributed by atoms with van der Waals surface area (Å²) >= 11 is 0. The smallest absolute Gasteiger partial charge is 0.238 e. The van der Waals surface area contributed by atoms with Gasteiger partial charge in [-0.15, -0.1) is 0 Å². The molecule has 3 rings (SSSR count). The molecule has 0 fully saturated rings. The van der Waals surface area contributed by atoms with Gasteiger partial charge in [0.25, 0.3) is 0 Å². The molecule has 0 aliphatic rings. The zero-order valence-electron chi connectivity index (χ0n) is 17.5. The number of amides is 2. The number of fused-ring (bicyclic) bond motifs is 1. The van der Waals surface area contributed by atoms with E-state index in [1.165, 1.54) is 0 Å². The second kappa shape index (κ2) is 9.93. The minimum Gasteiger partial charge on any atom is -0.497 e. The summed E-state index contributed by atoms with van der Waals surface area (Å²) in [6, 6.07) is 16.5. The highest BCUT2D eigenvalue weighted by Crippen LogP contribution is 2.23. The number of hydrogen-bond donors (Lipinski definition) is 2. The second-order valence-corrected chi connectivity index (χ2v) is 7.06. The fraction of sp³-hybridized carbons (Fsp3) is 0.304. The predicted octanol–water partition coefficient (Wildman–Crippen LogP) is 3.58. The van der Waals surface area contributed by atoms with E-state index in [0.29, 0.717) is 18.0 Å². The lowest BCUT2D eigenvalue weighted by molar-refractivity contribution is -0.124. The van der Waals surface area contributed by atoms with Crippen molar-refractivity contribution < 1.29 is 18.7 Å². The van der Waals surface area contributed by atoms with E-state index < -0.39 is 0 Å². The molecule has 0 aliphatic carbocycles. The van der Waals surface area contributed by atoms with Gasteiger partial charge in [-0.2, -0.15) is 0 Å². The van der Waals surface area contributed by atoms with E-state index >= 15 is 0 Å². The normalized spacial score (nSPS) is 12.0. The molecule has 7 nitrogen and oxygen atoms in total. The highest BCUT2D eigenvalue weighted by atomic mass is 16.5. The molecule has 0 radical (unpaired) electrons. The first-order chi connectivity index (χ1) is 14.5. The first-order valence-electron chi connectivity index (χ1n) is 9.92. The molecule has 1 atom stereocenters. The maximum atomic E-state index is 12.5. The Kier molecular flexibility index (Phi) is 7.08. The molecule has 2 aromatic carbocycles. The van der Waals surface area contributed by atoms with E-state index in [9.17, 15) is 9.59 Å². The Morgan fingerprint density at radius 2 is 1.77 bits per heavy atom. The molecule has 0 bridgehead atoms. The van der Waals surface area contributed by atoms with Gasteiger partial charge in [-0.05, 0) is 49.9 Å². The van der Waals surface area contributed by atoms with Crippen LogP contribution in [0.2, 0.25) is 0 Å². The van der Waals surface area contributed by atoms with Crippen LogP contribution >= 0.6 is 0 Å². The third-order valence-corrected chi connectivity index (χ3v) is 4.80. The van der Waals surface area contributed by atoms with Crippen LogP contribution < -0.4 is 15.4 Å². The standard InChI is InChI=1S/C23H27N3O4/c1-4-26(15-23(28)25-18-9-11-19(29-3)12-10-18)14-22(27)24-16(2)21-13-17-7-5-6-8-20(17)30-21/h5-13,16H,4,14-15H2,1-3H3,(H,24,27)(H,25,28)/t16-/m1/s1. The van der Waals surface area contributed by atoms with Gasteiger partial charge < -0.3 is 19.8 Å². The van der Waals surface area contributed by atoms with Crippen LogP contribution in [0.3, 0.4) is 0 Å².